The van der Waals surface area contributed by atoms with E-state index in [4.69, 9.17) is 7.84 Å². The minimum Gasteiger partial charge on any atom is -0.287 e. The van der Waals surface area contributed by atoms with Gasteiger partial charge in [-0.15, -0.1) is 6.42 Å². The molecule has 0 spiro atoms. The molecule has 78 valence electrons. The molecule has 1 N–H and O–H groups in total. The highest BCUT2D eigenvalue weighted by atomic mass is 127. The molecule has 0 unspecified atom stereocenters. The fourth-order valence-corrected chi connectivity index (χ4v) is 0.550. The lowest BCUT2D eigenvalue weighted by Crippen LogP contribution is -1.77. The zero-order valence-corrected chi connectivity index (χ0v) is 11.1. The Morgan fingerprint density at radius 2 is 1.00 bits per heavy atom. The summed E-state index contributed by atoms with van der Waals surface area (Å²) < 4.78 is 7.84. The molecule has 0 aromatic carbocycles. The molecule has 0 heterocycles. The lowest BCUT2D eigenvalue weighted by Gasteiger charge is -1.65. The molecular formula is C16H2IN. The van der Waals surface area contributed by atoms with Crippen molar-refractivity contribution in [3.63, 3.8) is 0 Å². The Hall–Kier alpha value is -2.99. The van der Waals surface area contributed by atoms with Crippen LogP contribution in [0.3, 0.4) is 0 Å². The van der Waals surface area contributed by atoms with E-state index in [1.54, 1.807) is 22.9 Å². The van der Waals surface area contributed by atoms with E-state index in [2.05, 4.69) is 88.9 Å². The second kappa shape index (κ2) is 14.0. The predicted molar refractivity (Wildman–Crippen MR) is 80.4 cm³/mol. The van der Waals surface area contributed by atoms with E-state index in [0.717, 1.165) is 3.52 Å². The first-order chi connectivity index (χ1) is 9.27. The van der Waals surface area contributed by atoms with Crippen molar-refractivity contribution in [3.8, 4) is 95.4 Å². The monoisotopic (exact) mass is 337 g/mol. The van der Waals surface area contributed by atoms with Gasteiger partial charge in [0, 0.05) is 47.5 Å². The fourth-order valence-electron chi connectivity index (χ4n) is 0.429. The molecule has 0 fully saturated rings. The van der Waals surface area contributed by atoms with Crippen LogP contribution in [0.15, 0.2) is 0 Å². The van der Waals surface area contributed by atoms with Crippen LogP contribution in [0.5, 0.6) is 0 Å². The van der Waals surface area contributed by atoms with Gasteiger partial charge in [0.1, 0.15) is 0 Å². The van der Waals surface area contributed by atoms with E-state index in [1.165, 1.54) is 0 Å². The zero-order valence-electron chi connectivity index (χ0n) is 9.90. The van der Waals surface area contributed by atoms with Crippen molar-refractivity contribution < 1.29 is 1.41 Å². The topological polar surface area (TPSA) is 12.0 Å². The average Bonchev–Trinajstić information content (AvgIpc) is 2.39. The van der Waals surface area contributed by atoms with Gasteiger partial charge in [-0.25, -0.2) is 0 Å². The Labute approximate surface area is 123 Å². The zero-order chi connectivity index (χ0) is 14.2. The van der Waals surface area contributed by atoms with E-state index in [1.807, 2.05) is 0 Å². The molecule has 0 aliphatic rings. The van der Waals surface area contributed by atoms with Crippen molar-refractivity contribution >= 4 is 22.9 Å². The maximum Gasteiger partial charge on any atom is 0.183 e. The summed E-state index contributed by atoms with van der Waals surface area (Å²) in [5.41, 5.74) is 0. The fraction of sp³-hybridized carbons (Fsp3) is 0. The van der Waals surface area contributed by atoms with Crippen molar-refractivity contribution in [1.82, 2.24) is 3.52 Å². The van der Waals surface area contributed by atoms with Crippen LogP contribution in [0.25, 0.3) is 0 Å². The first-order valence-electron chi connectivity index (χ1n) is 4.63. The summed E-state index contributed by atoms with van der Waals surface area (Å²) in [6.07, 6.45) is 4.89. The van der Waals surface area contributed by atoms with E-state index in [9.17, 15) is 0 Å². The van der Waals surface area contributed by atoms with E-state index in [0.29, 0.717) is 0 Å². The second-order valence-corrected chi connectivity index (χ2v) is 2.45. The minimum absolute atomic E-state index is 0.921. The van der Waals surface area contributed by atoms with Crippen LogP contribution in [0.1, 0.15) is 0 Å². The highest BCUT2D eigenvalue weighted by Crippen LogP contribution is 1.60. The summed E-state index contributed by atoms with van der Waals surface area (Å²) in [6, 6.07) is 2.38. The summed E-state index contributed by atoms with van der Waals surface area (Å²) in [7, 11) is 0. The summed E-state index contributed by atoms with van der Waals surface area (Å²) >= 11 is 1.70. The van der Waals surface area contributed by atoms with Gasteiger partial charge in [0.25, 0.3) is 0 Å². The SMILES string of the molecule is [3H]N(I)C#CC#CC#CC#CC#CC#CC#CC#C. The summed E-state index contributed by atoms with van der Waals surface area (Å²) in [4.78, 5) is 0. The Kier molecular flexibility index (Phi) is 10.2. The molecule has 0 saturated carbocycles. The number of halogens is 1. The van der Waals surface area contributed by atoms with Gasteiger partial charge in [-0.2, -0.15) is 0 Å². The van der Waals surface area contributed by atoms with Crippen LogP contribution in [0, 0.1) is 95.4 Å². The number of hydrogen-bond acceptors (Lipinski definition) is 1. The van der Waals surface area contributed by atoms with Gasteiger partial charge in [0.05, 0.1) is 22.9 Å². The lowest BCUT2D eigenvalue weighted by atomic mass is 10.5. The van der Waals surface area contributed by atoms with Crippen LogP contribution in [0.4, 0.5) is 0 Å². The highest BCUT2D eigenvalue weighted by molar-refractivity contribution is 14.1. The Morgan fingerprint density at radius 1 is 0.667 bits per heavy atom. The van der Waals surface area contributed by atoms with Gasteiger partial charge in [0.2, 0.25) is 0 Å². The van der Waals surface area contributed by atoms with Crippen LogP contribution in [-0.2, 0) is 0 Å². The van der Waals surface area contributed by atoms with E-state index >= 15 is 0 Å². The van der Waals surface area contributed by atoms with E-state index < -0.39 is 0 Å². The molecule has 1 nitrogen and oxygen atoms in total. The average molecular weight is 337 g/mol. The van der Waals surface area contributed by atoms with Gasteiger partial charge in [-0.3, -0.25) is 3.52 Å². The summed E-state index contributed by atoms with van der Waals surface area (Å²) in [5, 5.41) is 0. The Bertz CT molecular complexity index is 794. The lowest BCUT2D eigenvalue weighted by molar-refractivity contribution is 1.61. The molecule has 0 amide bonds. The van der Waals surface area contributed by atoms with Crippen molar-refractivity contribution in [2.24, 2.45) is 0 Å². The molecule has 18 heavy (non-hydrogen) atoms. The number of terminal acetylenes is 1. The highest BCUT2D eigenvalue weighted by Gasteiger charge is 1.57. The first kappa shape index (κ1) is 13.1. The van der Waals surface area contributed by atoms with Crippen molar-refractivity contribution in [3.05, 3.63) is 0 Å². The minimum atomic E-state index is 0.921. The third kappa shape index (κ3) is 13.0. The molecule has 0 aliphatic carbocycles. The second-order valence-electron chi connectivity index (χ2n) is 1.97. The van der Waals surface area contributed by atoms with Crippen molar-refractivity contribution in [2.45, 2.75) is 0 Å². The van der Waals surface area contributed by atoms with Crippen LogP contribution < -0.4 is 3.52 Å². The Morgan fingerprint density at radius 3 is 1.33 bits per heavy atom. The van der Waals surface area contributed by atoms with Gasteiger partial charge < -0.3 is 0 Å². The number of hydrogen-bond donors (Lipinski definition) is 1. The van der Waals surface area contributed by atoms with Crippen molar-refractivity contribution in [2.75, 3.05) is 0 Å². The molecule has 0 saturated heterocycles. The van der Waals surface area contributed by atoms with Gasteiger partial charge in [-0.1, -0.05) is 0 Å². The molecule has 0 aliphatic heterocycles. The molecule has 2 heteroatoms. The first-order valence-corrected chi connectivity index (χ1v) is 5.15. The largest absolute Gasteiger partial charge is 0.287 e. The molecular weight excluding hydrogens is 333 g/mol. The number of rotatable bonds is 0. The molecule has 0 aromatic rings. The quantitative estimate of drug-likeness (QED) is 0.295. The maximum atomic E-state index is 6.92. The van der Waals surface area contributed by atoms with Crippen LogP contribution in [-0.4, -0.2) is 0 Å². The molecule has 0 bridgehead atoms. The Balaban J connectivity index is 4.29. The van der Waals surface area contributed by atoms with Gasteiger partial charge in [-0.05, 0) is 41.4 Å². The van der Waals surface area contributed by atoms with E-state index in [-0.39, 0.29) is 0 Å². The third-order valence-corrected chi connectivity index (χ3v) is 1.16. The molecule has 0 radical (unpaired) electrons. The molecule has 0 rings (SSSR count). The molecule has 0 aromatic heterocycles. The molecule has 0 atom stereocenters. The standard InChI is InChI=1S/C16H2IN/c1-2-3-4-5-6-7-8-9-10-11-12-13-14-15-16-18-17/h1,18H/i/hT. The van der Waals surface area contributed by atoms with Crippen LogP contribution >= 0.6 is 22.9 Å². The van der Waals surface area contributed by atoms with Gasteiger partial charge >= 0.3 is 0 Å². The predicted octanol–water partition coefficient (Wildman–Crippen LogP) is 0.540. The maximum absolute atomic E-state index is 6.92. The van der Waals surface area contributed by atoms with Gasteiger partial charge in [0.15, 0.2) is 1.41 Å². The number of nitrogens with one attached hydrogen (secondary N) is 1. The smallest absolute Gasteiger partial charge is 0.183 e. The van der Waals surface area contributed by atoms with Crippen molar-refractivity contribution in [1.29, 1.82) is 0 Å². The summed E-state index contributed by atoms with van der Waals surface area (Å²) in [5.74, 6) is 33.8. The van der Waals surface area contributed by atoms with Crippen LogP contribution in [0.2, 0.25) is 1.41 Å². The summed E-state index contributed by atoms with van der Waals surface area (Å²) in [6.45, 7) is 0. The normalized spacial score (nSPS) is 4.78. The third-order valence-electron chi connectivity index (χ3n) is 0.920.